The molecule has 20 rings (SSSR count). The second-order valence-corrected chi connectivity index (χ2v) is 42.1. The Hall–Kier alpha value is -13.7. The number of aryl methyl sites for hydroxylation is 8. The summed E-state index contributed by atoms with van der Waals surface area (Å²) in [7, 11) is 3.43. The number of hydrogen-bond donors (Lipinski definition) is 0. The standard InChI is InChI=1S/C71H70N2O4.C63H72N2O2/c1-9-11-13-15-17-19-33-71(34-20-18-16-14-12-10-2)57-35-42(4)23-31-51(57)52-32-26-48(40-58(52)71)47-24-29-50(30-25-47)73-69(76)55-38-45(7)61-59-43(5)36-53-63-54(68(75)72(67(53)74)49-27-21-41(3)22-28-49)37-44(6)60(65(59)63)62-46(8)39-56(70(73)77)64(55)66(61)62;1-7-9-11-13-15-17-43-63(44-18-16-14-12-10-8-2)61-45-48(4)21-41-59(61)60-42-24-50(46-62(60)63)49-22-27-52(28-23-49)65(56-35-39-58(67-6)40-36-56)54-31-29-53(30-32-54)64(51-25-19-47(3)20-26-51)55-33-37-57(66-5)38-34-55/h21-32,35-40H,9-20,33-34H2,1-8H3;19-42,45-46H,7-18,43-44H2,1-6H3. The molecule has 0 saturated heterocycles. The van der Waals surface area contributed by atoms with Gasteiger partial charge in [-0.15, -0.1) is 0 Å². The molecule has 144 heavy (non-hydrogen) atoms. The molecular formula is C134H142N4O6. The Balaban J connectivity index is 0.000000184. The highest BCUT2D eigenvalue weighted by Crippen LogP contribution is 2.59. The predicted molar refractivity (Wildman–Crippen MR) is 605 cm³/mol. The minimum atomic E-state index is -0.351. The topological polar surface area (TPSA) is 99.7 Å². The van der Waals surface area contributed by atoms with E-state index in [1.165, 1.54) is 238 Å². The quantitative estimate of drug-likeness (QED) is 0.0162. The van der Waals surface area contributed by atoms with Gasteiger partial charge >= 0.3 is 0 Å². The normalized spacial score (nSPS) is 13.6. The number of anilines is 8. The third-order valence-corrected chi connectivity index (χ3v) is 32.2. The summed E-state index contributed by atoms with van der Waals surface area (Å²) in [6.07, 6.45) is 35.9. The Morgan fingerprint density at radius 3 is 0.750 bits per heavy atom. The molecular weight excluding hydrogens is 1760 g/mol. The van der Waals surface area contributed by atoms with Crippen molar-refractivity contribution in [3.8, 4) is 56.0 Å². The lowest BCUT2D eigenvalue weighted by atomic mass is 9.70. The van der Waals surface area contributed by atoms with Crippen LogP contribution in [0.2, 0.25) is 0 Å². The van der Waals surface area contributed by atoms with Gasteiger partial charge < -0.3 is 19.3 Å². The third kappa shape index (κ3) is 18.8. The molecule has 2 heterocycles. The summed E-state index contributed by atoms with van der Waals surface area (Å²) in [5.41, 5.74) is 34.4. The molecule has 0 saturated carbocycles. The summed E-state index contributed by atoms with van der Waals surface area (Å²) in [5, 5.41) is 6.81. The molecule has 2 aliphatic carbocycles. The van der Waals surface area contributed by atoms with E-state index in [1.54, 1.807) is 25.3 Å². The van der Waals surface area contributed by atoms with E-state index < -0.39 is 0 Å². The van der Waals surface area contributed by atoms with Crippen molar-refractivity contribution in [2.75, 3.05) is 33.8 Å². The van der Waals surface area contributed by atoms with Crippen molar-refractivity contribution < 1.29 is 28.7 Å². The van der Waals surface area contributed by atoms with Gasteiger partial charge in [-0.2, -0.15) is 0 Å². The van der Waals surface area contributed by atoms with Gasteiger partial charge in [-0.1, -0.05) is 313 Å². The zero-order chi connectivity index (χ0) is 100. The predicted octanol–water partition coefficient (Wildman–Crippen LogP) is 37.3. The fraction of sp³-hybridized carbons (Fsp3) is 0.328. The Morgan fingerprint density at radius 1 is 0.222 bits per heavy atom. The number of ether oxygens (including phenoxy) is 2. The fourth-order valence-electron chi connectivity index (χ4n) is 24.7. The van der Waals surface area contributed by atoms with Crippen LogP contribution < -0.4 is 29.1 Å². The molecule has 16 aromatic carbocycles. The molecule has 0 spiro atoms. The van der Waals surface area contributed by atoms with Crippen molar-refractivity contribution in [1.29, 1.82) is 0 Å². The molecule has 0 aromatic heterocycles. The van der Waals surface area contributed by atoms with Crippen LogP contribution in [0.15, 0.2) is 267 Å². The molecule has 10 heteroatoms. The number of unbranched alkanes of at least 4 members (excludes halogenated alkanes) is 20. The molecule has 0 atom stereocenters. The summed E-state index contributed by atoms with van der Waals surface area (Å²) >= 11 is 0. The molecule has 2 aliphatic heterocycles. The van der Waals surface area contributed by atoms with Crippen LogP contribution in [0, 0.1) is 55.4 Å². The molecule has 4 amide bonds. The van der Waals surface area contributed by atoms with E-state index in [-0.39, 0.29) is 34.5 Å². The second-order valence-electron chi connectivity index (χ2n) is 42.1. The molecule has 0 fully saturated rings. The average molecular weight is 1900 g/mol. The lowest BCUT2D eigenvalue weighted by Gasteiger charge is -2.33. The summed E-state index contributed by atoms with van der Waals surface area (Å²) in [6, 6.07) is 95.6. The number of nitrogens with zero attached hydrogens (tertiary/aromatic N) is 4. The lowest BCUT2D eigenvalue weighted by Crippen LogP contribution is -2.41. The largest absolute Gasteiger partial charge is 0.497 e. The summed E-state index contributed by atoms with van der Waals surface area (Å²) < 4.78 is 11.1. The first kappa shape index (κ1) is 99.1. The smallest absolute Gasteiger partial charge is 0.265 e. The van der Waals surface area contributed by atoms with Crippen LogP contribution in [0.1, 0.15) is 316 Å². The first-order valence-corrected chi connectivity index (χ1v) is 54.0. The highest BCUT2D eigenvalue weighted by molar-refractivity contribution is 6.47. The van der Waals surface area contributed by atoms with E-state index >= 15 is 9.59 Å². The van der Waals surface area contributed by atoms with E-state index in [0.29, 0.717) is 44.4 Å². The number of carbonyl (C=O) groups is 4. The van der Waals surface area contributed by atoms with Crippen LogP contribution in [-0.2, 0) is 10.8 Å². The molecule has 734 valence electrons. The second kappa shape index (κ2) is 43.1. The van der Waals surface area contributed by atoms with Crippen molar-refractivity contribution in [1.82, 2.24) is 0 Å². The van der Waals surface area contributed by atoms with Crippen LogP contribution in [-0.4, -0.2) is 37.8 Å². The molecule has 0 radical (unpaired) electrons. The zero-order valence-corrected chi connectivity index (χ0v) is 87.4. The number of hydrogen-bond acceptors (Lipinski definition) is 8. The number of carbonyl (C=O) groups excluding carboxylic acids is 4. The van der Waals surface area contributed by atoms with Crippen molar-refractivity contribution in [3.05, 3.63) is 356 Å². The van der Waals surface area contributed by atoms with Gasteiger partial charge in [0.05, 0.1) is 25.6 Å². The maximum absolute atomic E-state index is 15.2. The van der Waals surface area contributed by atoms with Gasteiger partial charge in [0.1, 0.15) is 11.5 Å². The number of benzene rings is 16. The monoisotopic (exact) mass is 1900 g/mol. The number of methoxy groups -OCH3 is 2. The minimum absolute atomic E-state index is 0.0435. The lowest BCUT2D eigenvalue weighted by molar-refractivity contribution is 0.0877. The number of imide groups is 2. The van der Waals surface area contributed by atoms with Crippen molar-refractivity contribution in [3.63, 3.8) is 0 Å². The highest BCUT2D eigenvalue weighted by atomic mass is 16.5. The van der Waals surface area contributed by atoms with Crippen molar-refractivity contribution in [2.45, 2.75) is 274 Å². The van der Waals surface area contributed by atoms with Crippen molar-refractivity contribution in [2.24, 2.45) is 0 Å². The number of rotatable bonds is 40. The average Bonchev–Trinajstić information content (AvgIpc) is 0.853. The first-order chi connectivity index (χ1) is 70.1. The summed E-state index contributed by atoms with van der Waals surface area (Å²) in [6.45, 7) is 26.0. The van der Waals surface area contributed by atoms with Gasteiger partial charge in [0.15, 0.2) is 0 Å². The van der Waals surface area contributed by atoms with E-state index in [4.69, 9.17) is 9.47 Å². The van der Waals surface area contributed by atoms with Crippen molar-refractivity contribution >= 4 is 112 Å². The van der Waals surface area contributed by atoms with Crippen LogP contribution in [0.4, 0.5) is 45.5 Å². The highest BCUT2D eigenvalue weighted by Gasteiger charge is 2.46. The van der Waals surface area contributed by atoms with Crippen LogP contribution in [0.5, 0.6) is 11.5 Å². The minimum Gasteiger partial charge on any atom is -0.497 e. The van der Waals surface area contributed by atoms with E-state index in [9.17, 15) is 9.59 Å². The van der Waals surface area contributed by atoms with Gasteiger partial charge in [-0.05, 0) is 360 Å². The molecule has 0 unspecified atom stereocenters. The molecule has 4 aliphatic rings. The Kier molecular flexibility index (Phi) is 29.6. The number of amides is 4. The van der Waals surface area contributed by atoms with Gasteiger partial charge in [0, 0.05) is 78.0 Å². The van der Waals surface area contributed by atoms with Gasteiger partial charge in [0.2, 0.25) is 0 Å². The van der Waals surface area contributed by atoms with Gasteiger partial charge in [-0.3, -0.25) is 19.2 Å². The van der Waals surface area contributed by atoms with Crippen LogP contribution in [0.25, 0.3) is 87.6 Å². The Morgan fingerprint density at radius 2 is 0.451 bits per heavy atom. The van der Waals surface area contributed by atoms with E-state index in [0.717, 1.165) is 130 Å². The molecule has 0 bridgehead atoms. The Labute approximate surface area is 854 Å². The van der Waals surface area contributed by atoms with Gasteiger partial charge in [-0.25, -0.2) is 9.80 Å². The van der Waals surface area contributed by atoms with E-state index in [2.05, 4.69) is 240 Å². The van der Waals surface area contributed by atoms with Crippen LogP contribution in [0.3, 0.4) is 0 Å². The maximum atomic E-state index is 15.2. The first-order valence-electron chi connectivity index (χ1n) is 54.0. The van der Waals surface area contributed by atoms with Crippen LogP contribution >= 0.6 is 0 Å². The molecule has 10 nitrogen and oxygen atoms in total. The fourth-order valence-corrected chi connectivity index (χ4v) is 24.7. The van der Waals surface area contributed by atoms with E-state index in [1.807, 2.05) is 120 Å². The zero-order valence-electron chi connectivity index (χ0n) is 87.4. The summed E-state index contributed by atoms with van der Waals surface area (Å²) in [5.74, 6) is 0.268. The SMILES string of the molecule is CCCCCCCCC1(CCCCCCCC)c2cc(C)ccc2-c2ccc(-c3ccc(N(c4ccc(OC)cc4)c4ccc(N(c5ccc(C)cc5)c5ccc(OC)cc5)cc4)cc3)cc21.CCCCCCCCC1(CCCCCCCC)c2cc(C)ccc2-c2ccc(-c3ccc(N4C(=O)c5cc(C)c6c7c(C)cc8c9c(cc(C)c(c%10c(C)cc(c5c6%10)C4=O)c97)C(=O)N(c4ccc(C)cc4)C8=O)cc3)cc21. The number of fused-ring (bicyclic) bond motifs is 8. The van der Waals surface area contributed by atoms with Gasteiger partial charge in [0.25, 0.3) is 23.6 Å². The maximum Gasteiger partial charge on any atom is 0.265 e. The molecule has 0 N–H and O–H groups in total. The third-order valence-electron chi connectivity index (χ3n) is 32.2. The Bertz CT molecular complexity index is 7270. The molecule has 16 aromatic rings. The summed E-state index contributed by atoms with van der Waals surface area (Å²) in [4.78, 5) is 66.7.